The highest BCUT2D eigenvalue weighted by molar-refractivity contribution is 14.0. The first kappa shape index (κ1) is 22.6. The molecule has 0 radical (unpaired) electrons. The van der Waals surface area contributed by atoms with Crippen LogP contribution in [0.5, 0.6) is 0 Å². The quantitative estimate of drug-likeness (QED) is 0.273. The summed E-state index contributed by atoms with van der Waals surface area (Å²) in [6, 6.07) is 9.71. The van der Waals surface area contributed by atoms with E-state index >= 15 is 0 Å². The molecule has 1 aliphatic rings. The molecule has 0 saturated carbocycles. The van der Waals surface area contributed by atoms with E-state index in [1.165, 1.54) is 36.9 Å². The smallest absolute Gasteiger partial charge is 0.191 e. The zero-order chi connectivity index (χ0) is 17.2. The van der Waals surface area contributed by atoms with Gasteiger partial charge in [0.05, 0.1) is 0 Å². The van der Waals surface area contributed by atoms with Crippen LogP contribution in [0.3, 0.4) is 0 Å². The molecule has 0 spiro atoms. The molecule has 4 nitrogen and oxygen atoms in total. The van der Waals surface area contributed by atoms with E-state index in [1.807, 2.05) is 18.8 Å². The second kappa shape index (κ2) is 12.8. The van der Waals surface area contributed by atoms with Crippen LogP contribution < -0.4 is 10.6 Å². The van der Waals surface area contributed by atoms with Crippen molar-refractivity contribution in [2.75, 3.05) is 32.1 Å². The van der Waals surface area contributed by atoms with E-state index < -0.39 is 0 Å². The van der Waals surface area contributed by atoms with Gasteiger partial charge in [0.2, 0.25) is 0 Å². The van der Waals surface area contributed by atoms with Crippen LogP contribution in [0.4, 0.5) is 0 Å². The largest absolute Gasteiger partial charge is 0.356 e. The number of nitrogens with one attached hydrogen (secondary N) is 2. The molecule has 1 atom stereocenters. The summed E-state index contributed by atoms with van der Waals surface area (Å²) in [5.41, 5.74) is 2.70. The maximum absolute atomic E-state index is 4.26. The molecule has 1 unspecified atom stereocenters. The Labute approximate surface area is 174 Å². The third kappa shape index (κ3) is 8.17. The van der Waals surface area contributed by atoms with Crippen molar-refractivity contribution in [2.45, 2.75) is 45.3 Å². The number of likely N-dealkylation sites (tertiary alicyclic amines) is 1. The number of aliphatic imine (C=N–C) groups is 1. The SMILES string of the molecule is CN=C(NCCSC)NCc1ccc(CN2CCCCC2C)cc1.I. The molecular formula is C19H33IN4S. The lowest BCUT2D eigenvalue weighted by atomic mass is 10.0. The highest BCUT2D eigenvalue weighted by atomic mass is 127. The van der Waals surface area contributed by atoms with E-state index in [2.05, 4.69) is 58.0 Å². The molecule has 0 aromatic heterocycles. The van der Waals surface area contributed by atoms with Crippen LogP contribution in [0.2, 0.25) is 0 Å². The van der Waals surface area contributed by atoms with E-state index in [0.717, 1.165) is 37.4 Å². The van der Waals surface area contributed by atoms with Gasteiger partial charge in [-0.05, 0) is 43.7 Å². The van der Waals surface area contributed by atoms with Crippen LogP contribution in [0.15, 0.2) is 29.3 Å². The minimum Gasteiger partial charge on any atom is -0.356 e. The van der Waals surface area contributed by atoms with E-state index in [1.54, 1.807) is 0 Å². The summed E-state index contributed by atoms with van der Waals surface area (Å²) in [5.74, 6) is 1.96. The Bertz CT molecular complexity index is 507. The van der Waals surface area contributed by atoms with Crippen molar-refractivity contribution < 1.29 is 0 Å². The van der Waals surface area contributed by atoms with Crippen molar-refractivity contribution in [1.29, 1.82) is 0 Å². The number of nitrogens with zero attached hydrogens (tertiary/aromatic N) is 2. The number of halogens is 1. The summed E-state index contributed by atoms with van der Waals surface area (Å²) in [6.07, 6.45) is 6.18. The summed E-state index contributed by atoms with van der Waals surface area (Å²) in [7, 11) is 1.82. The molecule has 0 bridgehead atoms. The van der Waals surface area contributed by atoms with E-state index in [0.29, 0.717) is 0 Å². The van der Waals surface area contributed by atoms with Crippen molar-refractivity contribution >= 4 is 41.7 Å². The first-order valence-electron chi connectivity index (χ1n) is 8.98. The van der Waals surface area contributed by atoms with Gasteiger partial charge in [0.15, 0.2) is 5.96 Å². The summed E-state index contributed by atoms with van der Waals surface area (Å²) < 4.78 is 0. The van der Waals surface area contributed by atoms with Crippen LogP contribution in [0.1, 0.15) is 37.3 Å². The number of guanidine groups is 1. The average Bonchev–Trinajstić information content (AvgIpc) is 2.61. The second-order valence-corrected chi connectivity index (χ2v) is 7.46. The standard InChI is InChI=1S/C19H32N4S.HI/c1-16-6-4-5-12-23(16)15-18-9-7-17(8-10-18)14-22-19(20-2)21-11-13-24-3;/h7-10,16H,4-6,11-15H2,1-3H3,(H2,20,21,22);1H. The second-order valence-electron chi connectivity index (χ2n) is 6.48. The van der Waals surface area contributed by atoms with Crippen LogP contribution >= 0.6 is 35.7 Å². The fourth-order valence-corrected chi connectivity index (χ4v) is 3.37. The molecule has 142 valence electrons. The Morgan fingerprint density at radius 1 is 1.20 bits per heavy atom. The molecule has 0 aliphatic carbocycles. The van der Waals surface area contributed by atoms with E-state index in [-0.39, 0.29) is 24.0 Å². The topological polar surface area (TPSA) is 39.7 Å². The fraction of sp³-hybridized carbons (Fsp3) is 0.632. The molecule has 1 aromatic rings. The maximum Gasteiger partial charge on any atom is 0.191 e. The van der Waals surface area contributed by atoms with Crippen molar-refractivity contribution in [2.24, 2.45) is 4.99 Å². The highest BCUT2D eigenvalue weighted by Crippen LogP contribution is 2.19. The molecule has 1 aromatic carbocycles. The number of rotatable bonds is 7. The van der Waals surface area contributed by atoms with Gasteiger partial charge in [-0.2, -0.15) is 11.8 Å². The van der Waals surface area contributed by atoms with Gasteiger partial charge in [-0.1, -0.05) is 30.7 Å². The van der Waals surface area contributed by atoms with Gasteiger partial charge < -0.3 is 10.6 Å². The summed E-state index contributed by atoms with van der Waals surface area (Å²) in [5, 5.41) is 6.69. The molecule has 1 aliphatic heterocycles. The molecule has 2 N–H and O–H groups in total. The number of thioether (sulfide) groups is 1. The van der Waals surface area contributed by atoms with Crippen LogP contribution in [0.25, 0.3) is 0 Å². The number of piperidine rings is 1. The van der Waals surface area contributed by atoms with Gasteiger partial charge in [0.1, 0.15) is 0 Å². The van der Waals surface area contributed by atoms with Crippen LogP contribution in [-0.2, 0) is 13.1 Å². The van der Waals surface area contributed by atoms with Crippen molar-refractivity contribution in [3.05, 3.63) is 35.4 Å². The van der Waals surface area contributed by atoms with E-state index in [9.17, 15) is 0 Å². The Morgan fingerprint density at radius 3 is 2.56 bits per heavy atom. The Kier molecular flexibility index (Phi) is 11.6. The van der Waals surface area contributed by atoms with Gasteiger partial charge >= 0.3 is 0 Å². The maximum atomic E-state index is 4.26. The third-order valence-electron chi connectivity index (χ3n) is 4.63. The average molecular weight is 476 g/mol. The Balaban J connectivity index is 0.00000312. The molecule has 1 fully saturated rings. The van der Waals surface area contributed by atoms with Gasteiger partial charge in [-0.3, -0.25) is 9.89 Å². The zero-order valence-electron chi connectivity index (χ0n) is 15.8. The summed E-state index contributed by atoms with van der Waals surface area (Å²) >= 11 is 1.84. The summed E-state index contributed by atoms with van der Waals surface area (Å²) in [4.78, 5) is 6.86. The Hall–Kier alpha value is -0.470. The molecule has 6 heteroatoms. The van der Waals surface area contributed by atoms with Gasteiger partial charge in [0, 0.05) is 38.5 Å². The normalized spacial score (nSPS) is 18.5. The minimum absolute atomic E-state index is 0. The molecular weight excluding hydrogens is 443 g/mol. The molecule has 25 heavy (non-hydrogen) atoms. The summed E-state index contributed by atoms with van der Waals surface area (Å²) in [6.45, 7) is 6.41. The molecule has 0 amide bonds. The van der Waals surface area contributed by atoms with Crippen LogP contribution in [0, 0.1) is 0 Å². The first-order chi connectivity index (χ1) is 11.7. The highest BCUT2D eigenvalue weighted by Gasteiger charge is 2.17. The van der Waals surface area contributed by atoms with E-state index in [4.69, 9.17) is 0 Å². The predicted octanol–water partition coefficient (Wildman–Crippen LogP) is 3.71. The predicted molar refractivity (Wildman–Crippen MR) is 122 cm³/mol. The van der Waals surface area contributed by atoms with Crippen LogP contribution in [-0.4, -0.2) is 49.0 Å². The Morgan fingerprint density at radius 2 is 1.92 bits per heavy atom. The van der Waals surface area contributed by atoms with Gasteiger partial charge in [-0.25, -0.2) is 0 Å². The zero-order valence-corrected chi connectivity index (χ0v) is 18.9. The monoisotopic (exact) mass is 476 g/mol. The number of hydrogen-bond donors (Lipinski definition) is 2. The number of hydrogen-bond acceptors (Lipinski definition) is 3. The molecule has 2 rings (SSSR count). The van der Waals surface area contributed by atoms with Gasteiger partial charge in [0.25, 0.3) is 0 Å². The number of benzene rings is 1. The first-order valence-corrected chi connectivity index (χ1v) is 10.4. The van der Waals surface area contributed by atoms with Crippen molar-refractivity contribution in [1.82, 2.24) is 15.5 Å². The van der Waals surface area contributed by atoms with Crippen molar-refractivity contribution in [3.8, 4) is 0 Å². The fourth-order valence-electron chi connectivity index (χ4n) is 3.07. The minimum atomic E-state index is 0. The third-order valence-corrected chi connectivity index (χ3v) is 5.24. The lowest BCUT2D eigenvalue weighted by Gasteiger charge is -2.33. The van der Waals surface area contributed by atoms with Gasteiger partial charge in [-0.15, -0.1) is 24.0 Å². The molecule has 1 saturated heterocycles. The molecule has 1 heterocycles. The lowest BCUT2D eigenvalue weighted by Crippen LogP contribution is -2.38. The van der Waals surface area contributed by atoms with Crippen molar-refractivity contribution in [3.63, 3.8) is 0 Å². The lowest BCUT2D eigenvalue weighted by molar-refractivity contribution is 0.152.